The number of aromatic hydroxyl groups is 2. The van der Waals surface area contributed by atoms with Gasteiger partial charge in [0.05, 0.1) is 5.56 Å². The molecule has 0 atom stereocenters. The highest BCUT2D eigenvalue weighted by Gasteiger charge is 2.12. The molecule has 0 saturated heterocycles. The molecule has 0 aliphatic heterocycles. The van der Waals surface area contributed by atoms with Crippen LogP contribution in [0.3, 0.4) is 0 Å². The number of hydrogen-bond acceptors (Lipinski definition) is 3. The van der Waals surface area contributed by atoms with E-state index in [0.717, 1.165) is 0 Å². The summed E-state index contributed by atoms with van der Waals surface area (Å²) in [6.07, 6.45) is 0. The molecule has 1 aromatic carbocycles. The minimum absolute atomic E-state index is 0.0440. The number of phenols is 2. The van der Waals surface area contributed by atoms with Crippen LogP contribution < -0.4 is 5.73 Å². The Morgan fingerprint density at radius 2 is 1.85 bits per heavy atom. The van der Waals surface area contributed by atoms with Crippen LogP contribution in [0.4, 0.5) is 0 Å². The molecule has 1 rings (SSSR count). The minimum atomic E-state index is -0.205. The molecular formula is C9H12N2O2. The zero-order chi connectivity index (χ0) is 10.2. The molecule has 0 heterocycles. The van der Waals surface area contributed by atoms with Crippen LogP contribution in [0.25, 0.3) is 0 Å². The second kappa shape index (κ2) is 2.97. The van der Waals surface area contributed by atoms with E-state index in [9.17, 15) is 10.2 Å². The van der Waals surface area contributed by atoms with Gasteiger partial charge in [0.15, 0.2) is 0 Å². The van der Waals surface area contributed by atoms with E-state index < -0.39 is 0 Å². The molecule has 0 amide bonds. The Morgan fingerprint density at radius 3 is 2.31 bits per heavy atom. The first-order chi connectivity index (χ1) is 5.95. The van der Waals surface area contributed by atoms with Crippen LogP contribution in [0.2, 0.25) is 0 Å². The summed E-state index contributed by atoms with van der Waals surface area (Å²) in [6, 6.07) is 1.49. The third-order valence-electron chi connectivity index (χ3n) is 1.99. The van der Waals surface area contributed by atoms with E-state index in [1.54, 1.807) is 13.8 Å². The minimum Gasteiger partial charge on any atom is -0.507 e. The molecule has 0 aliphatic rings. The van der Waals surface area contributed by atoms with Gasteiger partial charge >= 0.3 is 0 Å². The second-order valence-electron chi connectivity index (χ2n) is 2.98. The summed E-state index contributed by atoms with van der Waals surface area (Å²) in [7, 11) is 0. The maximum absolute atomic E-state index is 9.49. The van der Waals surface area contributed by atoms with Crippen molar-refractivity contribution in [1.82, 2.24) is 0 Å². The van der Waals surface area contributed by atoms with E-state index in [2.05, 4.69) is 0 Å². The molecular weight excluding hydrogens is 168 g/mol. The molecule has 4 heteroatoms. The smallest absolute Gasteiger partial charge is 0.133 e. The molecule has 0 saturated carbocycles. The predicted molar refractivity (Wildman–Crippen MR) is 50.3 cm³/mol. The molecule has 70 valence electrons. The van der Waals surface area contributed by atoms with Gasteiger partial charge in [-0.1, -0.05) is 0 Å². The lowest BCUT2D eigenvalue weighted by Crippen LogP contribution is -2.12. The molecule has 0 aliphatic carbocycles. The number of benzene rings is 1. The predicted octanol–water partition coefficient (Wildman–Crippen LogP) is 0.999. The van der Waals surface area contributed by atoms with Gasteiger partial charge in [0, 0.05) is 5.56 Å². The molecule has 13 heavy (non-hydrogen) atoms. The lowest BCUT2D eigenvalue weighted by molar-refractivity contribution is 0.440. The number of nitrogen functional groups attached to an aromatic ring is 1. The van der Waals surface area contributed by atoms with Crippen molar-refractivity contribution in [3.05, 3.63) is 22.8 Å². The van der Waals surface area contributed by atoms with Crippen LogP contribution in [-0.2, 0) is 0 Å². The molecule has 0 radical (unpaired) electrons. The number of nitrogens with one attached hydrogen (secondary N) is 1. The summed E-state index contributed by atoms with van der Waals surface area (Å²) in [5.74, 6) is -0.290. The number of rotatable bonds is 1. The van der Waals surface area contributed by atoms with Gasteiger partial charge in [-0.05, 0) is 25.5 Å². The van der Waals surface area contributed by atoms with Crippen molar-refractivity contribution in [3.63, 3.8) is 0 Å². The molecule has 4 nitrogen and oxygen atoms in total. The van der Waals surface area contributed by atoms with Crippen molar-refractivity contribution >= 4 is 5.84 Å². The Labute approximate surface area is 76.1 Å². The van der Waals surface area contributed by atoms with Gasteiger partial charge in [0.1, 0.15) is 17.3 Å². The average Bonchev–Trinajstić information content (AvgIpc) is 2.07. The van der Waals surface area contributed by atoms with Gasteiger partial charge in [0.25, 0.3) is 0 Å². The first-order valence-corrected chi connectivity index (χ1v) is 3.81. The van der Waals surface area contributed by atoms with Gasteiger partial charge in [0.2, 0.25) is 0 Å². The van der Waals surface area contributed by atoms with Crippen molar-refractivity contribution < 1.29 is 10.2 Å². The molecule has 5 N–H and O–H groups in total. The molecule has 1 aromatic rings. The SMILES string of the molecule is Cc1cc(C(=N)N)c(O)c(C)c1O. The Morgan fingerprint density at radius 1 is 1.31 bits per heavy atom. The summed E-state index contributed by atoms with van der Waals surface area (Å²) in [6.45, 7) is 3.26. The van der Waals surface area contributed by atoms with Crippen LogP contribution in [0, 0.1) is 19.3 Å². The Balaban J connectivity index is 3.50. The number of amidine groups is 1. The standard InChI is InChI=1S/C9H12N2O2/c1-4-3-6(9(10)11)8(13)5(2)7(4)12/h3,12-13H,1-2H3,(H3,10,11). The van der Waals surface area contributed by atoms with Crippen LogP contribution in [0.15, 0.2) is 6.07 Å². The number of phenolic OH excluding ortho intramolecular Hbond substituents is 2. The number of hydrogen-bond donors (Lipinski definition) is 4. The molecule has 0 unspecified atom stereocenters. The first kappa shape index (κ1) is 9.38. The van der Waals surface area contributed by atoms with E-state index in [-0.39, 0.29) is 22.9 Å². The lowest BCUT2D eigenvalue weighted by atomic mass is 10.0. The summed E-state index contributed by atoms with van der Waals surface area (Å²) in [5.41, 5.74) is 6.45. The number of aryl methyl sites for hydroxylation is 1. The summed E-state index contributed by atoms with van der Waals surface area (Å²) < 4.78 is 0. The van der Waals surface area contributed by atoms with Crippen LogP contribution in [0.5, 0.6) is 11.5 Å². The zero-order valence-corrected chi connectivity index (χ0v) is 7.55. The molecule has 0 bridgehead atoms. The third kappa shape index (κ3) is 1.42. The Kier molecular flexibility index (Phi) is 2.14. The Hall–Kier alpha value is -1.71. The van der Waals surface area contributed by atoms with Gasteiger partial charge < -0.3 is 15.9 Å². The maximum atomic E-state index is 9.49. The normalized spacial score (nSPS) is 10.0. The first-order valence-electron chi connectivity index (χ1n) is 3.81. The van der Waals surface area contributed by atoms with Gasteiger partial charge in [-0.2, -0.15) is 0 Å². The monoisotopic (exact) mass is 180 g/mol. The molecule has 0 aromatic heterocycles. The van der Waals surface area contributed by atoms with Crippen molar-refractivity contribution in [2.75, 3.05) is 0 Å². The van der Waals surface area contributed by atoms with Gasteiger partial charge in [-0.25, -0.2) is 0 Å². The average molecular weight is 180 g/mol. The fourth-order valence-electron chi connectivity index (χ4n) is 1.17. The topological polar surface area (TPSA) is 90.3 Å². The highest BCUT2D eigenvalue weighted by atomic mass is 16.3. The largest absolute Gasteiger partial charge is 0.507 e. The van der Waals surface area contributed by atoms with Crippen LogP contribution in [-0.4, -0.2) is 16.0 Å². The van der Waals surface area contributed by atoms with Gasteiger partial charge in [-0.3, -0.25) is 5.41 Å². The highest BCUT2D eigenvalue weighted by molar-refractivity contribution is 5.98. The van der Waals surface area contributed by atoms with E-state index in [4.69, 9.17) is 11.1 Å². The van der Waals surface area contributed by atoms with Crippen molar-refractivity contribution in [3.8, 4) is 11.5 Å². The van der Waals surface area contributed by atoms with E-state index in [0.29, 0.717) is 11.1 Å². The van der Waals surface area contributed by atoms with Crippen molar-refractivity contribution in [1.29, 1.82) is 5.41 Å². The molecule has 0 spiro atoms. The fourth-order valence-corrected chi connectivity index (χ4v) is 1.17. The zero-order valence-electron chi connectivity index (χ0n) is 7.55. The lowest BCUT2D eigenvalue weighted by Gasteiger charge is -2.09. The van der Waals surface area contributed by atoms with Crippen molar-refractivity contribution in [2.45, 2.75) is 13.8 Å². The fraction of sp³-hybridized carbons (Fsp3) is 0.222. The highest BCUT2D eigenvalue weighted by Crippen LogP contribution is 2.32. The van der Waals surface area contributed by atoms with Crippen molar-refractivity contribution in [2.24, 2.45) is 5.73 Å². The quantitative estimate of drug-likeness (QED) is 0.384. The summed E-state index contributed by atoms with van der Waals surface area (Å²) in [5, 5.41) is 26.1. The van der Waals surface area contributed by atoms with Gasteiger partial charge in [-0.15, -0.1) is 0 Å². The van der Waals surface area contributed by atoms with E-state index >= 15 is 0 Å². The summed E-state index contributed by atoms with van der Waals surface area (Å²) in [4.78, 5) is 0. The molecule has 0 fully saturated rings. The van der Waals surface area contributed by atoms with E-state index in [1.165, 1.54) is 6.07 Å². The maximum Gasteiger partial charge on any atom is 0.133 e. The van der Waals surface area contributed by atoms with Crippen LogP contribution >= 0.6 is 0 Å². The van der Waals surface area contributed by atoms with Crippen LogP contribution in [0.1, 0.15) is 16.7 Å². The number of nitrogens with two attached hydrogens (primary N) is 1. The third-order valence-corrected chi connectivity index (χ3v) is 1.99. The second-order valence-corrected chi connectivity index (χ2v) is 2.98. The van der Waals surface area contributed by atoms with E-state index in [1.807, 2.05) is 0 Å². The Bertz CT molecular complexity index is 372. The summed E-state index contributed by atoms with van der Waals surface area (Å²) >= 11 is 0.